The molecule has 2 rings (SSSR count). The summed E-state index contributed by atoms with van der Waals surface area (Å²) in [6.45, 7) is 2.28. The third-order valence-corrected chi connectivity index (χ3v) is 3.83. The van der Waals surface area contributed by atoms with Gasteiger partial charge in [0.15, 0.2) is 0 Å². The third-order valence-electron chi connectivity index (χ3n) is 3.61. The molecule has 0 aromatic heterocycles. The fourth-order valence-electron chi connectivity index (χ4n) is 2.71. The maximum Gasteiger partial charge on any atom is 0.416 e. The number of benzene rings is 1. The minimum absolute atomic E-state index is 0.138. The van der Waals surface area contributed by atoms with Crippen LogP contribution in [-0.4, -0.2) is 31.1 Å². The summed E-state index contributed by atoms with van der Waals surface area (Å²) < 4.78 is 38.3. The Morgan fingerprint density at radius 2 is 2.10 bits per heavy atom. The summed E-state index contributed by atoms with van der Waals surface area (Å²) in [6, 6.07) is 4.17. The van der Waals surface area contributed by atoms with Crippen LogP contribution in [0, 0.1) is 0 Å². The average Bonchev–Trinajstić information content (AvgIpc) is 2.75. The molecule has 112 valence electrons. The lowest BCUT2D eigenvalue weighted by molar-refractivity contribution is -0.137. The number of likely N-dealkylation sites (tertiary alicyclic amines) is 1. The topological polar surface area (TPSA) is 15.3 Å². The number of alkyl halides is 3. The van der Waals surface area contributed by atoms with E-state index < -0.39 is 11.7 Å². The number of rotatable bonds is 4. The van der Waals surface area contributed by atoms with E-state index in [1.165, 1.54) is 6.07 Å². The molecule has 1 fully saturated rings. The summed E-state index contributed by atoms with van der Waals surface area (Å²) in [7, 11) is 1.89. The average molecular weight is 307 g/mol. The fourth-order valence-corrected chi connectivity index (χ4v) is 2.97. The standard InChI is InChI=1S/C14H18ClF3N2/c1-19-8-13-3-2-4-20(13)9-10-5-11(14(16,17)18)7-12(15)6-10/h5-7,13,19H,2-4,8-9H2,1H3. The number of nitrogens with zero attached hydrogens (tertiary/aromatic N) is 1. The van der Waals surface area contributed by atoms with Gasteiger partial charge < -0.3 is 5.32 Å². The van der Waals surface area contributed by atoms with Crippen LogP contribution in [0.4, 0.5) is 13.2 Å². The molecule has 0 amide bonds. The van der Waals surface area contributed by atoms with Crippen LogP contribution < -0.4 is 5.32 Å². The van der Waals surface area contributed by atoms with Gasteiger partial charge in [-0.15, -0.1) is 0 Å². The van der Waals surface area contributed by atoms with E-state index >= 15 is 0 Å². The van der Waals surface area contributed by atoms with Crippen LogP contribution >= 0.6 is 11.6 Å². The first-order chi connectivity index (χ1) is 9.40. The van der Waals surface area contributed by atoms with Gasteiger partial charge in [-0.25, -0.2) is 0 Å². The molecule has 1 N–H and O–H groups in total. The largest absolute Gasteiger partial charge is 0.416 e. The van der Waals surface area contributed by atoms with E-state index in [1.807, 2.05) is 7.05 Å². The second-order valence-electron chi connectivity index (χ2n) is 5.17. The molecule has 1 atom stereocenters. The second-order valence-corrected chi connectivity index (χ2v) is 5.61. The van der Waals surface area contributed by atoms with E-state index in [9.17, 15) is 13.2 Å². The maximum absolute atomic E-state index is 12.8. The van der Waals surface area contributed by atoms with Crippen molar-refractivity contribution in [3.8, 4) is 0 Å². The molecule has 2 nitrogen and oxygen atoms in total. The van der Waals surface area contributed by atoms with E-state index in [-0.39, 0.29) is 5.02 Å². The lowest BCUT2D eigenvalue weighted by atomic mass is 10.1. The molecular weight excluding hydrogens is 289 g/mol. The quantitative estimate of drug-likeness (QED) is 0.915. The van der Waals surface area contributed by atoms with Crippen LogP contribution in [0.2, 0.25) is 5.02 Å². The van der Waals surface area contributed by atoms with Crippen LogP contribution in [0.5, 0.6) is 0 Å². The van der Waals surface area contributed by atoms with Crippen LogP contribution in [0.1, 0.15) is 24.0 Å². The van der Waals surface area contributed by atoms with Gasteiger partial charge >= 0.3 is 6.18 Å². The Bertz CT molecular complexity index is 462. The van der Waals surface area contributed by atoms with Crippen molar-refractivity contribution >= 4 is 11.6 Å². The van der Waals surface area contributed by atoms with Gasteiger partial charge in [-0.2, -0.15) is 13.2 Å². The van der Waals surface area contributed by atoms with Gasteiger partial charge in [-0.1, -0.05) is 11.6 Å². The van der Waals surface area contributed by atoms with Crippen molar-refractivity contribution < 1.29 is 13.2 Å². The van der Waals surface area contributed by atoms with Crippen LogP contribution in [-0.2, 0) is 12.7 Å². The normalized spacial score (nSPS) is 20.6. The van der Waals surface area contributed by atoms with Gasteiger partial charge in [0, 0.05) is 24.2 Å². The van der Waals surface area contributed by atoms with Crippen molar-refractivity contribution in [1.82, 2.24) is 10.2 Å². The first kappa shape index (κ1) is 15.6. The Balaban J connectivity index is 2.15. The lowest BCUT2D eigenvalue weighted by Gasteiger charge is -2.24. The Labute approximate surface area is 121 Å². The first-order valence-corrected chi connectivity index (χ1v) is 7.03. The zero-order chi connectivity index (χ0) is 14.8. The molecule has 1 unspecified atom stereocenters. The fraction of sp³-hybridized carbons (Fsp3) is 0.571. The van der Waals surface area contributed by atoms with Crippen LogP contribution in [0.15, 0.2) is 18.2 Å². The highest BCUT2D eigenvalue weighted by Crippen LogP contribution is 2.32. The number of halogens is 4. The molecule has 1 aromatic carbocycles. The van der Waals surface area contributed by atoms with E-state index in [0.717, 1.165) is 32.0 Å². The van der Waals surface area contributed by atoms with Crippen molar-refractivity contribution in [3.63, 3.8) is 0 Å². The molecule has 1 heterocycles. The second kappa shape index (κ2) is 6.33. The summed E-state index contributed by atoms with van der Waals surface area (Å²) in [4.78, 5) is 2.21. The smallest absolute Gasteiger partial charge is 0.318 e. The Kier molecular flexibility index (Phi) is 4.94. The van der Waals surface area contributed by atoms with Gasteiger partial charge in [0.2, 0.25) is 0 Å². The molecule has 1 aliphatic heterocycles. The summed E-state index contributed by atoms with van der Waals surface area (Å²) in [5.74, 6) is 0. The molecule has 1 saturated heterocycles. The molecule has 0 bridgehead atoms. The molecule has 0 radical (unpaired) electrons. The number of nitrogens with one attached hydrogen (secondary N) is 1. The molecule has 1 aromatic rings. The predicted octanol–water partition coefficient (Wildman–Crippen LogP) is 3.54. The summed E-state index contributed by atoms with van der Waals surface area (Å²) in [5, 5.41) is 3.26. The van der Waals surface area contributed by atoms with Crippen molar-refractivity contribution in [2.45, 2.75) is 31.6 Å². The maximum atomic E-state index is 12.8. The van der Waals surface area contributed by atoms with Crippen molar-refractivity contribution in [1.29, 1.82) is 0 Å². The van der Waals surface area contributed by atoms with E-state index in [1.54, 1.807) is 6.07 Å². The molecule has 0 saturated carbocycles. The van der Waals surface area contributed by atoms with E-state index in [2.05, 4.69) is 10.2 Å². The SMILES string of the molecule is CNCC1CCCN1Cc1cc(Cl)cc(C(F)(F)F)c1. The highest BCUT2D eigenvalue weighted by molar-refractivity contribution is 6.30. The van der Waals surface area contributed by atoms with Gasteiger partial charge in [0.1, 0.15) is 0 Å². The minimum atomic E-state index is -4.35. The van der Waals surface area contributed by atoms with Gasteiger partial charge in [0.05, 0.1) is 5.56 Å². The Morgan fingerprint density at radius 3 is 2.75 bits per heavy atom. The number of hydrogen-bond acceptors (Lipinski definition) is 2. The number of likely N-dealkylation sites (N-methyl/N-ethyl adjacent to an activating group) is 1. The van der Waals surface area contributed by atoms with Crippen molar-refractivity contribution in [2.75, 3.05) is 20.1 Å². The molecule has 0 aliphatic carbocycles. The van der Waals surface area contributed by atoms with Gasteiger partial charge in [0.25, 0.3) is 0 Å². The first-order valence-electron chi connectivity index (χ1n) is 6.65. The summed E-state index contributed by atoms with van der Waals surface area (Å²) in [5.41, 5.74) is -0.0582. The van der Waals surface area contributed by atoms with Crippen LogP contribution in [0.25, 0.3) is 0 Å². The predicted molar refractivity (Wildman–Crippen MR) is 73.8 cm³/mol. The molecule has 0 spiro atoms. The third kappa shape index (κ3) is 3.87. The summed E-state index contributed by atoms with van der Waals surface area (Å²) >= 11 is 5.81. The van der Waals surface area contributed by atoms with Gasteiger partial charge in [-0.3, -0.25) is 4.90 Å². The Morgan fingerprint density at radius 1 is 1.35 bits per heavy atom. The van der Waals surface area contributed by atoms with E-state index in [4.69, 9.17) is 11.6 Å². The molecule has 6 heteroatoms. The molecule has 1 aliphatic rings. The van der Waals surface area contributed by atoms with Crippen LogP contribution in [0.3, 0.4) is 0 Å². The summed E-state index contributed by atoms with van der Waals surface area (Å²) in [6.07, 6.45) is -2.19. The number of hydrogen-bond donors (Lipinski definition) is 1. The molecular formula is C14H18ClF3N2. The minimum Gasteiger partial charge on any atom is -0.318 e. The highest BCUT2D eigenvalue weighted by Gasteiger charge is 2.31. The monoisotopic (exact) mass is 306 g/mol. The molecule has 20 heavy (non-hydrogen) atoms. The van der Waals surface area contributed by atoms with Crippen molar-refractivity contribution in [2.24, 2.45) is 0 Å². The zero-order valence-electron chi connectivity index (χ0n) is 11.3. The Hall–Kier alpha value is -0.780. The zero-order valence-corrected chi connectivity index (χ0v) is 12.1. The van der Waals surface area contributed by atoms with E-state index in [0.29, 0.717) is 18.2 Å². The lowest BCUT2D eigenvalue weighted by Crippen LogP contribution is -2.36. The highest BCUT2D eigenvalue weighted by atomic mass is 35.5. The van der Waals surface area contributed by atoms with Crippen molar-refractivity contribution in [3.05, 3.63) is 34.3 Å². The van der Waals surface area contributed by atoms with Gasteiger partial charge in [-0.05, 0) is 50.2 Å².